The minimum atomic E-state index is 0.0372. The number of hydrogen-bond acceptors (Lipinski definition) is 2. The van der Waals surface area contributed by atoms with Crippen LogP contribution in [0, 0.1) is 5.41 Å². The molecule has 0 spiro atoms. The van der Waals surface area contributed by atoms with E-state index in [0.29, 0.717) is 23.3 Å². The highest BCUT2D eigenvalue weighted by atomic mass is 35.5. The molecule has 3 N–H and O–H groups in total. The van der Waals surface area contributed by atoms with Crippen molar-refractivity contribution in [1.29, 1.82) is 5.41 Å². The fourth-order valence-corrected chi connectivity index (χ4v) is 2.33. The van der Waals surface area contributed by atoms with Crippen molar-refractivity contribution in [2.45, 2.75) is 38.4 Å². The van der Waals surface area contributed by atoms with Crippen LogP contribution in [0.2, 0.25) is 5.02 Å². The molecule has 1 aliphatic rings. The number of nitrogen functional groups attached to an aromatic ring is 1. The van der Waals surface area contributed by atoms with Crippen molar-refractivity contribution in [2.24, 2.45) is 5.73 Å². The molecular formula is C13H17ClN2O. The molecule has 1 saturated carbocycles. The van der Waals surface area contributed by atoms with Crippen LogP contribution in [0.5, 0.6) is 0 Å². The maximum atomic E-state index is 7.33. The summed E-state index contributed by atoms with van der Waals surface area (Å²) in [4.78, 5) is 0. The maximum absolute atomic E-state index is 7.33. The summed E-state index contributed by atoms with van der Waals surface area (Å²) in [5.74, 6) is 0.0372. The fourth-order valence-electron chi connectivity index (χ4n) is 2.09. The zero-order valence-corrected chi connectivity index (χ0v) is 10.5. The van der Waals surface area contributed by atoms with Crippen molar-refractivity contribution in [2.75, 3.05) is 0 Å². The molecule has 0 radical (unpaired) electrons. The average molecular weight is 253 g/mol. The van der Waals surface area contributed by atoms with Gasteiger partial charge in [0.15, 0.2) is 0 Å². The quantitative estimate of drug-likeness (QED) is 0.639. The van der Waals surface area contributed by atoms with Gasteiger partial charge < -0.3 is 10.5 Å². The number of nitrogens with one attached hydrogen (secondary N) is 1. The first-order chi connectivity index (χ1) is 8.16. The summed E-state index contributed by atoms with van der Waals surface area (Å²) in [6.45, 7) is 0.543. The van der Waals surface area contributed by atoms with E-state index in [9.17, 15) is 0 Å². The molecule has 17 heavy (non-hydrogen) atoms. The molecule has 1 fully saturated rings. The van der Waals surface area contributed by atoms with E-state index in [1.165, 1.54) is 12.8 Å². The number of halogens is 1. The molecular weight excluding hydrogens is 236 g/mol. The Morgan fingerprint density at radius 3 is 2.71 bits per heavy atom. The van der Waals surface area contributed by atoms with E-state index in [1.54, 1.807) is 6.07 Å². The summed E-state index contributed by atoms with van der Waals surface area (Å²) in [6.07, 6.45) is 5.23. The standard InChI is InChI=1S/C13H17ClN2O/c14-12-7-9(13(15)16)5-6-10(12)8-17-11-3-1-2-4-11/h5-7,11H,1-4,8H2,(H3,15,16). The SMILES string of the molecule is N=C(N)c1ccc(COC2CCCC2)c(Cl)c1. The summed E-state index contributed by atoms with van der Waals surface area (Å²) in [6, 6.07) is 5.41. The molecule has 1 aromatic carbocycles. The van der Waals surface area contributed by atoms with Gasteiger partial charge in [-0.15, -0.1) is 0 Å². The number of ether oxygens (including phenoxy) is 1. The molecule has 0 aromatic heterocycles. The van der Waals surface area contributed by atoms with E-state index in [2.05, 4.69) is 0 Å². The minimum Gasteiger partial charge on any atom is -0.384 e. The van der Waals surface area contributed by atoms with Crippen LogP contribution in [-0.2, 0) is 11.3 Å². The molecule has 1 aliphatic carbocycles. The Labute approximate surface area is 106 Å². The second-order valence-electron chi connectivity index (χ2n) is 4.44. The van der Waals surface area contributed by atoms with Gasteiger partial charge in [-0.05, 0) is 24.5 Å². The normalized spacial score (nSPS) is 16.3. The topological polar surface area (TPSA) is 59.1 Å². The molecule has 0 bridgehead atoms. The van der Waals surface area contributed by atoms with Crippen molar-refractivity contribution in [3.8, 4) is 0 Å². The summed E-state index contributed by atoms with van der Waals surface area (Å²) >= 11 is 6.13. The van der Waals surface area contributed by atoms with E-state index in [0.717, 1.165) is 18.4 Å². The number of rotatable bonds is 4. The Bertz CT molecular complexity index is 414. The largest absolute Gasteiger partial charge is 0.384 e. The maximum Gasteiger partial charge on any atom is 0.122 e. The van der Waals surface area contributed by atoms with E-state index in [1.807, 2.05) is 12.1 Å². The van der Waals surface area contributed by atoms with Gasteiger partial charge in [-0.25, -0.2) is 0 Å². The molecule has 0 saturated heterocycles. The van der Waals surface area contributed by atoms with Gasteiger partial charge in [0.2, 0.25) is 0 Å². The van der Waals surface area contributed by atoms with E-state index in [4.69, 9.17) is 27.5 Å². The van der Waals surface area contributed by atoms with Gasteiger partial charge in [0, 0.05) is 10.6 Å². The van der Waals surface area contributed by atoms with Gasteiger partial charge in [0.05, 0.1) is 12.7 Å². The lowest BCUT2D eigenvalue weighted by Gasteiger charge is -2.12. The molecule has 2 rings (SSSR count). The molecule has 0 heterocycles. The summed E-state index contributed by atoms with van der Waals surface area (Å²) in [5.41, 5.74) is 7.01. The predicted octanol–water partition coefficient (Wildman–Crippen LogP) is 3.08. The van der Waals surface area contributed by atoms with Crippen LogP contribution in [0.4, 0.5) is 0 Å². The zero-order valence-electron chi connectivity index (χ0n) is 9.71. The van der Waals surface area contributed by atoms with Crippen LogP contribution < -0.4 is 5.73 Å². The second-order valence-corrected chi connectivity index (χ2v) is 4.84. The third kappa shape index (κ3) is 3.20. The van der Waals surface area contributed by atoms with Crippen molar-refractivity contribution in [3.05, 3.63) is 34.3 Å². The lowest BCUT2D eigenvalue weighted by molar-refractivity contribution is 0.0457. The Morgan fingerprint density at radius 2 is 2.12 bits per heavy atom. The van der Waals surface area contributed by atoms with E-state index >= 15 is 0 Å². The summed E-state index contributed by atoms with van der Waals surface area (Å²) < 4.78 is 5.80. The lowest BCUT2D eigenvalue weighted by atomic mass is 10.1. The van der Waals surface area contributed by atoms with Crippen molar-refractivity contribution in [3.63, 3.8) is 0 Å². The molecule has 4 heteroatoms. The smallest absolute Gasteiger partial charge is 0.122 e. The van der Waals surface area contributed by atoms with Gasteiger partial charge in [-0.3, -0.25) is 5.41 Å². The summed E-state index contributed by atoms with van der Waals surface area (Å²) in [7, 11) is 0. The van der Waals surface area contributed by atoms with Gasteiger partial charge in [0.1, 0.15) is 5.84 Å². The van der Waals surface area contributed by atoms with E-state index in [-0.39, 0.29) is 5.84 Å². The van der Waals surface area contributed by atoms with Gasteiger partial charge in [-0.2, -0.15) is 0 Å². The molecule has 3 nitrogen and oxygen atoms in total. The number of hydrogen-bond donors (Lipinski definition) is 2. The van der Waals surface area contributed by atoms with Crippen LogP contribution in [-0.4, -0.2) is 11.9 Å². The van der Waals surface area contributed by atoms with Crippen LogP contribution in [0.25, 0.3) is 0 Å². The number of nitrogens with two attached hydrogens (primary N) is 1. The zero-order chi connectivity index (χ0) is 12.3. The highest BCUT2D eigenvalue weighted by Gasteiger charge is 2.15. The highest BCUT2D eigenvalue weighted by Crippen LogP contribution is 2.24. The predicted molar refractivity (Wildman–Crippen MR) is 69.5 cm³/mol. The summed E-state index contributed by atoms with van der Waals surface area (Å²) in [5, 5.41) is 7.95. The average Bonchev–Trinajstić information content (AvgIpc) is 2.80. The Hall–Kier alpha value is -1.06. The molecule has 92 valence electrons. The van der Waals surface area contributed by atoms with Crippen LogP contribution in [0.15, 0.2) is 18.2 Å². The van der Waals surface area contributed by atoms with Gasteiger partial charge >= 0.3 is 0 Å². The third-order valence-electron chi connectivity index (χ3n) is 3.14. The van der Waals surface area contributed by atoms with E-state index < -0.39 is 0 Å². The van der Waals surface area contributed by atoms with Gasteiger partial charge in [-0.1, -0.05) is 36.6 Å². The van der Waals surface area contributed by atoms with Crippen LogP contribution in [0.3, 0.4) is 0 Å². The Balaban J connectivity index is 1.98. The van der Waals surface area contributed by atoms with Crippen LogP contribution in [0.1, 0.15) is 36.8 Å². The minimum absolute atomic E-state index is 0.0372. The first kappa shape index (κ1) is 12.4. The molecule has 0 aliphatic heterocycles. The Kier molecular flexibility index (Phi) is 4.02. The third-order valence-corrected chi connectivity index (χ3v) is 3.49. The van der Waals surface area contributed by atoms with Crippen molar-refractivity contribution in [1.82, 2.24) is 0 Å². The number of benzene rings is 1. The van der Waals surface area contributed by atoms with Crippen molar-refractivity contribution < 1.29 is 4.74 Å². The Morgan fingerprint density at radius 1 is 1.41 bits per heavy atom. The first-order valence-corrected chi connectivity index (χ1v) is 6.29. The second kappa shape index (κ2) is 5.52. The highest BCUT2D eigenvalue weighted by molar-refractivity contribution is 6.31. The van der Waals surface area contributed by atoms with Gasteiger partial charge in [0.25, 0.3) is 0 Å². The molecule has 0 amide bonds. The molecule has 1 aromatic rings. The lowest BCUT2D eigenvalue weighted by Crippen LogP contribution is -2.11. The number of amidine groups is 1. The van der Waals surface area contributed by atoms with Crippen molar-refractivity contribution >= 4 is 17.4 Å². The first-order valence-electron chi connectivity index (χ1n) is 5.91. The van der Waals surface area contributed by atoms with Crippen LogP contribution >= 0.6 is 11.6 Å². The fraction of sp³-hybridized carbons (Fsp3) is 0.462. The monoisotopic (exact) mass is 252 g/mol. The molecule has 0 atom stereocenters. The molecule has 0 unspecified atom stereocenters.